The predicted octanol–water partition coefficient (Wildman–Crippen LogP) is 2.96. The van der Waals surface area contributed by atoms with Gasteiger partial charge in [-0.3, -0.25) is 24.0 Å². The second kappa shape index (κ2) is 11.1. The Morgan fingerprint density at radius 3 is 2.32 bits per heavy atom. The molecule has 0 fully saturated rings. The van der Waals surface area contributed by atoms with E-state index in [2.05, 4.69) is 11.6 Å². The molecule has 2 amide bonds. The largest absolute Gasteiger partial charge is 0.491 e. The van der Waals surface area contributed by atoms with Crippen molar-refractivity contribution in [2.45, 2.75) is 52.4 Å². The third kappa shape index (κ3) is 6.95. The maximum absolute atomic E-state index is 12.8. The van der Waals surface area contributed by atoms with Crippen LogP contribution in [0.1, 0.15) is 73.1 Å². The Bertz CT molecular complexity index is 928. The van der Waals surface area contributed by atoms with Gasteiger partial charge in [0.1, 0.15) is 5.75 Å². The fourth-order valence-corrected chi connectivity index (χ4v) is 3.80. The van der Waals surface area contributed by atoms with Gasteiger partial charge in [0.05, 0.1) is 36.3 Å². The summed E-state index contributed by atoms with van der Waals surface area (Å²) in [5.74, 6) is -1.21. The molecule has 10 heteroatoms. The number of benzene rings is 1. The highest BCUT2D eigenvalue weighted by Gasteiger charge is 2.36. The summed E-state index contributed by atoms with van der Waals surface area (Å²) in [7, 11) is -3.62. The Morgan fingerprint density at radius 1 is 1.03 bits per heavy atom. The van der Waals surface area contributed by atoms with Crippen molar-refractivity contribution in [3.63, 3.8) is 0 Å². The number of hydrogen-bond acceptors (Lipinski definition) is 7. The van der Waals surface area contributed by atoms with Crippen LogP contribution in [0, 0.1) is 0 Å². The van der Waals surface area contributed by atoms with Crippen LogP contribution in [0.3, 0.4) is 0 Å². The van der Waals surface area contributed by atoms with Gasteiger partial charge in [-0.15, -0.1) is 0 Å². The number of ether oxygens (including phenoxy) is 2. The summed E-state index contributed by atoms with van der Waals surface area (Å²) < 4.78 is 36.5. The quantitative estimate of drug-likeness (QED) is 0.276. The molecule has 1 aliphatic rings. The standard InChI is InChI=1S/C21H30N2O7S/c1-4-6-7-8-12-30-18-14-16-15(13-17(18)22-31(3,27)28)20(25)23(21(16)26)11-9-10-19(24)29-5-2/h13-14,22H,4-12H2,1-3H3. The molecule has 1 aromatic rings. The summed E-state index contributed by atoms with van der Waals surface area (Å²) in [4.78, 5) is 38.1. The van der Waals surface area contributed by atoms with Gasteiger partial charge in [0.25, 0.3) is 11.8 Å². The van der Waals surface area contributed by atoms with Gasteiger partial charge < -0.3 is 9.47 Å². The highest BCUT2D eigenvalue weighted by Crippen LogP contribution is 2.34. The van der Waals surface area contributed by atoms with Crippen molar-refractivity contribution in [3.8, 4) is 5.75 Å². The minimum Gasteiger partial charge on any atom is -0.491 e. The first-order chi connectivity index (χ1) is 14.7. The molecule has 0 aliphatic carbocycles. The van der Waals surface area contributed by atoms with E-state index in [1.807, 2.05) is 0 Å². The normalized spacial score (nSPS) is 13.3. The number of nitrogens with one attached hydrogen (secondary N) is 1. The number of anilines is 1. The fraction of sp³-hybridized carbons (Fsp3) is 0.571. The Balaban J connectivity index is 2.19. The number of carbonyl (C=O) groups excluding carboxylic acids is 3. The number of imide groups is 1. The van der Waals surface area contributed by atoms with Gasteiger partial charge in [-0.05, 0) is 31.9 Å². The summed E-state index contributed by atoms with van der Waals surface area (Å²) in [6.45, 7) is 4.49. The molecule has 0 aromatic heterocycles. The molecule has 1 aromatic carbocycles. The van der Waals surface area contributed by atoms with E-state index in [9.17, 15) is 22.8 Å². The van der Waals surface area contributed by atoms with Gasteiger partial charge in [0.15, 0.2) is 0 Å². The smallest absolute Gasteiger partial charge is 0.305 e. The highest BCUT2D eigenvalue weighted by atomic mass is 32.2. The van der Waals surface area contributed by atoms with Crippen molar-refractivity contribution >= 4 is 33.5 Å². The van der Waals surface area contributed by atoms with E-state index in [1.165, 1.54) is 12.1 Å². The van der Waals surface area contributed by atoms with Crippen molar-refractivity contribution in [1.82, 2.24) is 4.90 Å². The molecule has 0 saturated heterocycles. The monoisotopic (exact) mass is 454 g/mol. The molecule has 1 heterocycles. The number of rotatable bonds is 13. The number of fused-ring (bicyclic) bond motifs is 1. The molecule has 1 aliphatic heterocycles. The molecule has 2 rings (SSSR count). The maximum atomic E-state index is 12.8. The van der Waals surface area contributed by atoms with Gasteiger partial charge in [-0.1, -0.05) is 26.2 Å². The van der Waals surface area contributed by atoms with E-state index in [1.54, 1.807) is 6.92 Å². The van der Waals surface area contributed by atoms with Crippen LogP contribution in [0.5, 0.6) is 5.75 Å². The van der Waals surface area contributed by atoms with Crippen LogP contribution in [0.25, 0.3) is 0 Å². The molecule has 0 saturated carbocycles. The van der Waals surface area contributed by atoms with E-state index in [0.717, 1.165) is 36.8 Å². The molecule has 0 spiro atoms. The third-order valence-electron chi connectivity index (χ3n) is 4.69. The van der Waals surface area contributed by atoms with Crippen molar-refractivity contribution < 1.29 is 32.3 Å². The molecule has 9 nitrogen and oxygen atoms in total. The highest BCUT2D eigenvalue weighted by molar-refractivity contribution is 7.92. The number of hydrogen-bond donors (Lipinski definition) is 1. The summed E-state index contributed by atoms with van der Waals surface area (Å²) in [5, 5.41) is 0. The van der Waals surface area contributed by atoms with Crippen molar-refractivity contribution in [2.75, 3.05) is 30.7 Å². The molecule has 0 bridgehead atoms. The second-order valence-electron chi connectivity index (χ2n) is 7.35. The molecule has 172 valence electrons. The average molecular weight is 455 g/mol. The Labute approximate surface area is 183 Å². The van der Waals surface area contributed by atoms with Crippen LogP contribution >= 0.6 is 0 Å². The lowest BCUT2D eigenvalue weighted by Crippen LogP contribution is -2.31. The summed E-state index contributed by atoms with van der Waals surface area (Å²) in [6.07, 6.45) is 5.27. The van der Waals surface area contributed by atoms with Gasteiger partial charge >= 0.3 is 5.97 Å². The van der Waals surface area contributed by atoms with E-state index >= 15 is 0 Å². The molecule has 0 unspecified atom stereocenters. The van der Waals surface area contributed by atoms with Crippen LogP contribution in [0.4, 0.5) is 5.69 Å². The average Bonchev–Trinajstić information content (AvgIpc) is 2.91. The van der Waals surface area contributed by atoms with Crippen LogP contribution in [0.2, 0.25) is 0 Å². The molecule has 0 atom stereocenters. The van der Waals surface area contributed by atoms with E-state index in [0.29, 0.717) is 6.61 Å². The van der Waals surface area contributed by atoms with E-state index < -0.39 is 27.8 Å². The first kappa shape index (κ1) is 24.6. The zero-order valence-electron chi connectivity index (χ0n) is 18.2. The fourth-order valence-electron chi connectivity index (χ4n) is 3.24. The third-order valence-corrected chi connectivity index (χ3v) is 5.28. The minimum atomic E-state index is -3.62. The molecule has 0 radical (unpaired) electrons. The van der Waals surface area contributed by atoms with Crippen LogP contribution in [-0.4, -0.2) is 57.1 Å². The van der Waals surface area contributed by atoms with Crippen LogP contribution < -0.4 is 9.46 Å². The number of carbonyl (C=O) groups is 3. The van der Waals surface area contributed by atoms with Crippen LogP contribution in [0.15, 0.2) is 12.1 Å². The van der Waals surface area contributed by atoms with E-state index in [4.69, 9.17) is 9.47 Å². The van der Waals surface area contributed by atoms with Gasteiger partial charge in [0, 0.05) is 13.0 Å². The Kier molecular flexibility index (Phi) is 8.85. The van der Waals surface area contributed by atoms with E-state index in [-0.39, 0.29) is 48.6 Å². The summed E-state index contributed by atoms with van der Waals surface area (Å²) in [5.41, 5.74) is 0.376. The number of sulfonamides is 1. The SMILES string of the molecule is CCCCCCOc1cc2c(cc1NS(C)(=O)=O)C(=O)N(CCCC(=O)OCC)C2=O. The lowest BCUT2D eigenvalue weighted by atomic mass is 10.1. The van der Waals surface area contributed by atoms with Crippen molar-refractivity contribution in [1.29, 1.82) is 0 Å². The Hall–Kier alpha value is -2.62. The summed E-state index contributed by atoms with van der Waals surface area (Å²) >= 11 is 0. The lowest BCUT2D eigenvalue weighted by molar-refractivity contribution is -0.143. The number of unbranched alkanes of at least 4 members (excludes halogenated alkanes) is 3. The maximum Gasteiger partial charge on any atom is 0.305 e. The zero-order valence-corrected chi connectivity index (χ0v) is 19.0. The van der Waals surface area contributed by atoms with Crippen molar-refractivity contribution in [3.05, 3.63) is 23.3 Å². The number of nitrogens with zero attached hydrogens (tertiary/aromatic N) is 1. The topological polar surface area (TPSA) is 119 Å². The van der Waals surface area contributed by atoms with Gasteiger partial charge in [0.2, 0.25) is 10.0 Å². The van der Waals surface area contributed by atoms with Gasteiger partial charge in [-0.25, -0.2) is 8.42 Å². The number of esters is 1. The lowest BCUT2D eigenvalue weighted by Gasteiger charge is -2.13. The molecular formula is C21H30N2O7S. The van der Waals surface area contributed by atoms with Crippen LogP contribution in [-0.2, 0) is 19.6 Å². The first-order valence-corrected chi connectivity index (χ1v) is 12.4. The second-order valence-corrected chi connectivity index (χ2v) is 9.10. The first-order valence-electron chi connectivity index (χ1n) is 10.5. The van der Waals surface area contributed by atoms with Crippen molar-refractivity contribution in [2.24, 2.45) is 0 Å². The minimum absolute atomic E-state index is 0.0627. The van der Waals surface area contributed by atoms with Gasteiger partial charge in [-0.2, -0.15) is 0 Å². The molecular weight excluding hydrogens is 424 g/mol. The molecule has 1 N–H and O–H groups in total. The zero-order chi connectivity index (χ0) is 23.0. The Morgan fingerprint density at radius 2 is 1.71 bits per heavy atom. The summed E-state index contributed by atoms with van der Waals surface area (Å²) in [6, 6.07) is 2.75. The predicted molar refractivity (Wildman–Crippen MR) is 116 cm³/mol. The molecule has 31 heavy (non-hydrogen) atoms. The number of amides is 2.